The molecule has 5 heteroatoms. The maximum absolute atomic E-state index is 12.1. The van der Waals surface area contributed by atoms with E-state index in [1.165, 1.54) is 6.07 Å². The fourth-order valence-corrected chi connectivity index (χ4v) is 0.853. The molecule has 1 aromatic rings. The number of aldehydes is 1. The largest absolute Gasteiger partial charge is 0.433 e. The van der Waals surface area contributed by atoms with Gasteiger partial charge in [0.1, 0.15) is 12.0 Å². The third-order valence-corrected chi connectivity index (χ3v) is 1.43. The first-order chi connectivity index (χ1) is 6.04. The topological polar surface area (TPSA) is 30.0 Å². The normalized spacial score (nSPS) is 11.3. The van der Waals surface area contributed by atoms with Crippen molar-refractivity contribution in [2.75, 3.05) is 0 Å². The Hall–Kier alpha value is -1.39. The van der Waals surface area contributed by atoms with Crippen molar-refractivity contribution in [1.82, 2.24) is 4.98 Å². The van der Waals surface area contributed by atoms with Crippen LogP contribution in [0, 0.1) is 0 Å². The highest BCUT2D eigenvalue weighted by Crippen LogP contribution is 2.27. The highest BCUT2D eigenvalue weighted by Gasteiger charge is 2.32. The maximum atomic E-state index is 12.1. The van der Waals surface area contributed by atoms with Crippen molar-refractivity contribution in [3.05, 3.63) is 29.6 Å². The standard InChI is InChI=1S/C8H6F3NO/c9-8(10,11)7-5-6(2-4-13)1-3-12-7/h1,3-5H,2H2. The summed E-state index contributed by atoms with van der Waals surface area (Å²) < 4.78 is 36.2. The molecule has 0 aliphatic heterocycles. The number of nitrogens with zero attached hydrogens (tertiary/aromatic N) is 1. The van der Waals surface area contributed by atoms with Gasteiger partial charge in [-0.3, -0.25) is 4.98 Å². The molecule has 0 aliphatic carbocycles. The van der Waals surface area contributed by atoms with E-state index < -0.39 is 11.9 Å². The number of carbonyl (C=O) groups excluding carboxylic acids is 1. The molecule has 0 aliphatic rings. The molecule has 0 saturated carbocycles. The van der Waals surface area contributed by atoms with Crippen molar-refractivity contribution in [2.24, 2.45) is 0 Å². The molecule has 0 unspecified atom stereocenters. The van der Waals surface area contributed by atoms with E-state index in [0.717, 1.165) is 12.3 Å². The minimum atomic E-state index is -4.45. The van der Waals surface area contributed by atoms with Gasteiger partial charge in [-0.25, -0.2) is 0 Å². The molecular formula is C8H6F3NO. The second-order valence-electron chi connectivity index (χ2n) is 2.42. The van der Waals surface area contributed by atoms with Crippen LogP contribution in [0.5, 0.6) is 0 Å². The second kappa shape index (κ2) is 3.55. The Kier molecular flexibility index (Phi) is 2.65. The van der Waals surface area contributed by atoms with Crippen molar-refractivity contribution in [3.8, 4) is 0 Å². The van der Waals surface area contributed by atoms with E-state index in [1.54, 1.807) is 0 Å². The number of aromatic nitrogens is 1. The van der Waals surface area contributed by atoms with E-state index in [9.17, 15) is 18.0 Å². The molecule has 2 nitrogen and oxygen atoms in total. The third-order valence-electron chi connectivity index (χ3n) is 1.43. The van der Waals surface area contributed by atoms with Crippen LogP contribution in [0.2, 0.25) is 0 Å². The summed E-state index contributed by atoms with van der Waals surface area (Å²) in [5, 5.41) is 0. The SMILES string of the molecule is O=CCc1ccnc(C(F)(F)F)c1. The van der Waals surface area contributed by atoms with Crippen molar-refractivity contribution < 1.29 is 18.0 Å². The fourth-order valence-electron chi connectivity index (χ4n) is 0.853. The van der Waals surface area contributed by atoms with E-state index in [1.807, 2.05) is 0 Å². The Balaban J connectivity index is 2.98. The molecular weight excluding hydrogens is 183 g/mol. The number of alkyl halides is 3. The van der Waals surface area contributed by atoms with E-state index >= 15 is 0 Å². The van der Waals surface area contributed by atoms with Gasteiger partial charge in [-0.05, 0) is 17.7 Å². The maximum Gasteiger partial charge on any atom is 0.433 e. The van der Waals surface area contributed by atoms with Gasteiger partial charge in [0, 0.05) is 12.6 Å². The summed E-state index contributed by atoms with van der Waals surface area (Å²) in [5.41, 5.74) is -0.649. The minimum absolute atomic E-state index is 0.0222. The van der Waals surface area contributed by atoms with Crippen LogP contribution >= 0.6 is 0 Å². The van der Waals surface area contributed by atoms with Gasteiger partial charge in [0.05, 0.1) is 0 Å². The third kappa shape index (κ3) is 2.54. The van der Waals surface area contributed by atoms with Crippen LogP contribution in [0.3, 0.4) is 0 Å². The lowest BCUT2D eigenvalue weighted by Crippen LogP contribution is -2.08. The molecule has 13 heavy (non-hydrogen) atoms. The number of carbonyl (C=O) groups is 1. The van der Waals surface area contributed by atoms with Crippen molar-refractivity contribution >= 4 is 6.29 Å². The smallest absolute Gasteiger partial charge is 0.303 e. The van der Waals surface area contributed by atoms with Gasteiger partial charge in [-0.2, -0.15) is 13.2 Å². The number of hydrogen-bond acceptors (Lipinski definition) is 2. The molecule has 1 aromatic heterocycles. The van der Waals surface area contributed by atoms with Gasteiger partial charge in [0.25, 0.3) is 0 Å². The number of hydrogen-bond donors (Lipinski definition) is 0. The molecule has 0 spiro atoms. The lowest BCUT2D eigenvalue weighted by molar-refractivity contribution is -0.141. The molecule has 0 N–H and O–H groups in total. The number of rotatable bonds is 2. The minimum Gasteiger partial charge on any atom is -0.303 e. The summed E-state index contributed by atoms with van der Waals surface area (Å²) >= 11 is 0. The molecule has 0 aromatic carbocycles. The Morgan fingerprint density at radius 3 is 2.69 bits per heavy atom. The molecule has 1 heterocycles. The first-order valence-electron chi connectivity index (χ1n) is 3.50. The van der Waals surface area contributed by atoms with Gasteiger partial charge < -0.3 is 4.79 Å². The van der Waals surface area contributed by atoms with Crippen molar-refractivity contribution in [2.45, 2.75) is 12.6 Å². The van der Waals surface area contributed by atoms with Gasteiger partial charge >= 0.3 is 6.18 Å². The lowest BCUT2D eigenvalue weighted by Gasteiger charge is -2.05. The van der Waals surface area contributed by atoms with Crippen LogP contribution in [0.25, 0.3) is 0 Å². The van der Waals surface area contributed by atoms with Gasteiger partial charge in [0.2, 0.25) is 0 Å². The molecule has 0 radical (unpaired) electrons. The summed E-state index contributed by atoms with van der Waals surface area (Å²) in [6, 6.07) is 2.25. The van der Waals surface area contributed by atoms with Gasteiger partial charge in [-0.15, -0.1) is 0 Å². The Morgan fingerprint density at radius 1 is 1.46 bits per heavy atom. The van der Waals surface area contributed by atoms with E-state index in [-0.39, 0.29) is 6.42 Å². The van der Waals surface area contributed by atoms with Crippen LogP contribution in [-0.4, -0.2) is 11.3 Å². The molecule has 70 valence electrons. The summed E-state index contributed by atoms with van der Waals surface area (Å²) in [6.45, 7) is 0. The zero-order chi connectivity index (χ0) is 9.90. The first-order valence-corrected chi connectivity index (χ1v) is 3.50. The Morgan fingerprint density at radius 2 is 2.15 bits per heavy atom. The van der Waals surface area contributed by atoms with E-state index in [4.69, 9.17) is 0 Å². The van der Waals surface area contributed by atoms with Crippen molar-refractivity contribution in [1.29, 1.82) is 0 Å². The van der Waals surface area contributed by atoms with E-state index in [2.05, 4.69) is 4.98 Å². The van der Waals surface area contributed by atoms with Crippen LogP contribution in [-0.2, 0) is 17.4 Å². The van der Waals surface area contributed by atoms with E-state index in [0.29, 0.717) is 11.8 Å². The highest BCUT2D eigenvalue weighted by molar-refractivity contribution is 5.54. The fraction of sp³-hybridized carbons (Fsp3) is 0.250. The summed E-state index contributed by atoms with van der Waals surface area (Å²) in [5.74, 6) is 0. The zero-order valence-corrected chi connectivity index (χ0v) is 6.51. The van der Waals surface area contributed by atoms with Crippen LogP contribution in [0.1, 0.15) is 11.3 Å². The van der Waals surface area contributed by atoms with Gasteiger partial charge in [-0.1, -0.05) is 0 Å². The summed E-state index contributed by atoms with van der Waals surface area (Å²) in [6.07, 6.45) is -2.87. The highest BCUT2D eigenvalue weighted by atomic mass is 19.4. The quantitative estimate of drug-likeness (QED) is 0.664. The molecule has 1 rings (SSSR count). The molecule has 0 atom stereocenters. The second-order valence-corrected chi connectivity index (χ2v) is 2.42. The average molecular weight is 189 g/mol. The zero-order valence-electron chi connectivity index (χ0n) is 6.51. The van der Waals surface area contributed by atoms with Crippen LogP contribution in [0.15, 0.2) is 18.3 Å². The first kappa shape index (κ1) is 9.70. The average Bonchev–Trinajstić information content (AvgIpc) is 2.04. The number of halogens is 3. The molecule has 0 bridgehead atoms. The Bertz CT molecular complexity index is 309. The predicted octanol–water partition coefficient (Wildman–Crippen LogP) is 1.84. The van der Waals surface area contributed by atoms with Crippen LogP contribution < -0.4 is 0 Å². The van der Waals surface area contributed by atoms with Gasteiger partial charge in [0.15, 0.2) is 0 Å². The molecule has 0 amide bonds. The van der Waals surface area contributed by atoms with Crippen molar-refractivity contribution in [3.63, 3.8) is 0 Å². The van der Waals surface area contributed by atoms with Crippen LogP contribution in [0.4, 0.5) is 13.2 Å². The monoisotopic (exact) mass is 189 g/mol. The molecule has 0 saturated heterocycles. The predicted molar refractivity (Wildman–Crippen MR) is 39.0 cm³/mol. The Labute approximate surface area is 72.4 Å². The number of pyridine rings is 1. The lowest BCUT2D eigenvalue weighted by atomic mass is 10.2. The summed E-state index contributed by atoms with van der Waals surface area (Å²) in [4.78, 5) is 13.2. The summed E-state index contributed by atoms with van der Waals surface area (Å²) in [7, 11) is 0. The molecule has 0 fully saturated rings.